The zero-order valence-electron chi connectivity index (χ0n) is 17.8. The number of hydrogen-bond acceptors (Lipinski definition) is 6. The van der Waals surface area contributed by atoms with Crippen molar-refractivity contribution in [1.29, 1.82) is 0 Å². The third-order valence-corrected chi connectivity index (χ3v) is 4.71. The van der Waals surface area contributed by atoms with Crippen LogP contribution in [0.4, 0.5) is 11.4 Å². The smallest absolute Gasteiger partial charge is 0.292 e. The molecule has 0 amide bonds. The fourth-order valence-electron chi connectivity index (χ4n) is 3.25. The monoisotopic (exact) mass is 535 g/mol. The van der Waals surface area contributed by atoms with Crippen LogP contribution in [0.15, 0.2) is 29.3 Å². The number of nitrogens with one attached hydrogen (secondary N) is 2. The van der Waals surface area contributed by atoms with Gasteiger partial charge in [0, 0.05) is 52.6 Å². The number of nitro groups is 1. The minimum atomic E-state index is -0.378. The average Bonchev–Trinajstić information content (AvgIpc) is 2.74. The number of hydrogen-bond donors (Lipinski definition) is 2. The summed E-state index contributed by atoms with van der Waals surface area (Å²) in [4.78, 5) is 17.6. The van der Waals surface area contributed by atoms with E-state index < -0.39 is 0 Å². The molecular formula is C20H34IN5O4. The first-order valence-corrected chi connectivity index (χ1v) is 10.3. The minimum Gasteiger partial charge on any atom is -0.385 e. The van der Waals surface area contributed by atoms with Crippen molar-refractivity contribution >= 4 is 41.3 Å². The molecule has 0 saturated carbocycles. The van der Waals surface area contributed by atoms with E-state index >= 15 is 0 Å². The summed E-state index contributed by atoms with van der Waals surface area (Å²) >= 11 is 0. The molecule has 1 fully saturated rings. The summed E-state index contributed by atoms with van der Waals surface area (Å²) in [6.45, 7) is 7.17. The average molecular weight is 535 g/mol. The standard InChI is InChI=1S/C20H33N5O4.HI/c1-3-21-20(24-13-9-17(10-14-24)29-16-6-15-28-2)23-12-11-22-18-7-4-5-8-19(18)25(26)27;/h4-5,7-8,17,22H,3,6,9-16H2,1-2H3,(H,21,23);1H. The molecule has 0 bridgehead atoms. The molecule has 0 atom stereocenters. The highest BCUT2D eigenvalue weighted by atomic mass is 127. The van der Waals surface area contributed by atoms with Crippen molar-refractivity contribution < 1.29 is 14.4 Å². The molecule has 1 aliphatic rings. The lowest BCUT2D eigenvalue weighted by Crippen LogP contribution is -2.47. The van der Waals surface area contributed by atoms with E-state index in [9.17, 15) is 10.1 Å². The Morgan fingerprint density at radius 2 is 2.03 bits per heavy atom. The maximum Gasteiger partial charge on any atom is 0.292 e. The van der Waals surface area contributed by atoms with E-state index in [1.54, 1.807) is 25.3 Å². The Labute approximate surface area is 195 Å². The van der Waals surface area contributed by atoms with Gasteiger partial charge in [0.15, 0.2) is 5.96 Å². The zero-order valence-corrected chi connectivity index (χ0v) is 20.2. The van der Waals surface area contributed by atoms with Crippen LogP contribution in [0, 0.1) is 10.1 Å². The van der Waals surface area contributed by atoms with Crippen molar-refractivity contribution in [2.75, 3.05) is 58.4 Å². The number of methoxy groups -OCH3 is 1. The third-order valence-electron chi connectivity index (χ3n) is 4.71. The third kappa shape index (κ3) is 9.00. The van der Waals surface area contributed by atoms with Crippen molar-refractivity contribution in [3.63, 3.8) is 0 Å². The van der Waals surface area contributed by atoms with E-state index in [4.69, 9.17) is 9.47 Å². The van der Waals surface area contributed by atoms with Gasteiger partial charge < -0.3 is 25.0 Å². The van der Waals surface area contributed by atoms with E-state index in [0.29, 0.717) is 24.9 Å². The lowest BCUT2D eigenvalue weighted by atomic mass is 10.1. The maximum atomic E-state index is 11.1. The van der Waals surface area contributed by atoms with Crippen molar-refractivity contribution in [3.8, 4) is 0 Å². The van der Waals surface area contributed by atoms with E-state index in [-0.39, 0.29) is 34.6 Å². The van der Waals surface area contributed by atoms with Gasteiger partial charge in [-0.3, -0.25) is 15.1 Å². The Morgan fingerprint density at radius 1 is 1.30 bits per heavy atom. The molecule has 1 aliphatic heterocycles. The number of benzene rings is 1. The van der Waals surface area contributed by atoms with Crippen LogP contribution in [0.5, 0.6) is 0 Å². The van der Waals surface area contributed by atoms with Gasteiger partial charge in [-0.1, -0.05) is 12.1 Å². The predicted molar refractivity (Wildman–Crippen MR) is 130 cm³/mol. The van der Waals surface area contributed by atoms with Crippen LogP contribution in [0.3, 0.4) is 0 Å². The van der Waals surface area contributed by atoms with E-state index in [1.165, 1.54) is 6.07 Å². The molecule has 2 N–H and O–H groups in total. The number of rotatable bonds is 11. The van der Waals surface area contributed by atoms with Crippen LogP contribution in [0.1, 0.15) is 26.2 Å². The first-order chi connectivity index (χ1) is 14.2. The summed E-state index contributed by atoms with van der Waals surface area (Å²) in [6, 6.07) is 6.65. The van der Waals surface area contributed by atoms with Crippen molar-refractivity contribution in [2.45, 2.75) is 32.3 Å². The SMILES string of the molecule is CCNC(=NCCNc1ccccc1[N+](=O)[O-])N1CCC(OCCCOC)CC1.I. The van der Waals surface area contributed by atoms with Gasteiger partial charge >= 0.3 is 0 Å². The minimum absolute atomic E-state index is 0. The van der Waals surface area contributed by atoms with Crippen molar-refractivity contribution in [1.82, 2.24) is 10.2 Å². The molecule has 1 heterocycles. The molecule has 0 aromatic heterocycles. The zero-order chi connectivity index (χ0) is 20.9. The maximum absolute atomic E-state index is 11.1. The second-order valence-corrected chi connectivity index (χ2v) is 6.84. The van der Waals surface area contributed by atoms with E-state index in [2.05, 4.69) is 20.5 Å². The number of nitrogens with zero attached hydrogens (tertiary/aromatic N) is 3. The molecule has 0 aliphatic carbocycles. The van der Waals surface area contributed by atoms with E-state index in [0.717, 1.165) is 58.1 Å². The van der Waals surface area contributed by atoms with Crippen LogP contribution >= 0.6 is 24.0 Å². The fourth-order valence-corrected chi connectivity index (χ4v) is 3.25. The summed E-state index contributed by atoms with van der Waals surface area (Å²) in [5.74, 6) is 0.884. The molecule has 0 radical (unpaired) electrons. The molecular weight excluding hydrogens is 501 g/mol. The van der Waals surface area contributed by atoms with Crippen LogP contribution in [-0.2, 0) is 9.47 Å². The number of para-hydroxylation sites is 2. The molecule has 1 aromatic rings. The number of aliphatic imine (C=N–C) groups is 1. The van der Waals surface area contributed by atoms with Gasteiger partial charge in [-0.15, -0.1) is 24.0 Å². The Bertz CT molecular complexity index is 654. The largest absolute Gasteiger partial charge is 0.385 e. The van der Waals surface area contributed by atoms with Gasteiger partial charge in [-0.05, 0) is 32.3 Å². The van der Waals surface area contributed by atoms with Crippen molar-refractivity contribution in [3.05, 3.63) is 34.4 Å². The van der Waals surface area contributed by atoms with Gasteiger partial charge in [0.25, 0.3) is 5.69 Å². The fraction of sp³-hybridized carbons (Fsp3) is 0.650. The van der Waals surface area contributed by atoms with Crippen LogP contribution in [-0.4, -0.2) is 74.9 Å². The van der Waals surface area contributed by atoms with Gasteiger partial charge in [0.05, 0.1) is 17.6 Å². The van der Waals surface area contributed by atoms with E-state index in [1.807, 2.05) is 6.92 Å². The molecule has 9 nitrogen and oxygen atoms in total. The summed E-state index contributed by atoms with van der Waals surface area (Å²) in [5.41, 5.74) is 0.597. The van der Waals surface area contributed by atoms with Gasteiger partial charge in [-0.25, -0.2) is 0 Å². The molecule has 0 unspecified atom stereocenters. The number of nitro benzene ring substituents is 1. The summed E-state index contributed by atoms with van der Waals surface area (Å²) in [5, 5.41) is 17.5. The Kier molecular flexibility index (Phi) is 13.4. The highest BCUT2D eigenvalue weighted by molar-refractivity contribution is 14.0. The van der Waals surface area contributed by atoms with Crippen LogP contribution in [0.25, 0.3) is 0 Å². The first kappa shape index (κ1) is 26.4. The molecule has 30 heavy (non-hydrogen) atoms. The Hall–Kier alpha value is -1.66. The number of guanidine groups is 1. The first-order valence-electron chi connectivity index (χ1n) is 10.3. The second kappa shape index (κ2) is 15.2. The number of ether oxygens (including phenoxy) is 2. The number of anilines is 1. The predicted octanol–water partition coefficient (Wildman–Crippen LogP) is 3.11. The summed E-state index contributed by atoms with van der Waals surface area (Å²) < 4.78 is 11.0. The number of halogens is 1. The Morgan fingerprint density at radius 3 is 2.70 bits per heavy atom. The topological polar surface area (TPSA) is 101 Å². The molecule has 2 rings (SSSR count). The summed E-state index contributed by atoms with van der Waals surface area (Å²) in [6.07, 6.45) is 3.18. The normalized spacial score (nSPS) is 14.9. The van der Waals surface area contributed by atoms with Crippen LogP contribution in [0.2, 0.25) is 0 Å². The highest BCUT2D eigenvalue weighted by Gasteiger charge is 2.21. The van der Waals surface area contributed by atoms with Gasteiger partial charge in [-0.2, -0.15) is 0 Å². The molecule has 170 valence electrons. The second-order valence-electron chi connectivity index (χ2n) is 6.84. The molecule has 1 aromatic carbocycles. The Balaban J connectivity index is 0.00000450. The quantitative estimate of drug-likeness (QED) is 0.112. The number of likely N-dealkylation sites (tertiary alicyclic amines) is 1. The van der Waals surface area contributed by atoms with Crippen LogP contribution < -0.4 is 10.6 Å². The lowest BCUT2D eigenvalue weighted by Gasteiger charge is -2.34. The molecule has 0 spiro atoms. The number of piperidine rings is 1. The van der Waals surface area contributed by atoms with Gasteiger partial charge in [0.2, 0.25) is 0 Å². The van der Waals surface area contributed by atoms with Crippen molar-refractivity contribution in [2.24, 2.45) is 4.99 Å². The molecule has 10 heteroatoms. The van der Waals surface area contributed by atoms with Gasteiger partial charge in [0.1, 0.15) is 5.69 Å². The lowest BCUT2D eigenvalue weighted by molar-refractivity contribution is -0.384. The highest BCUT2D eigenvalue weighted by Crippen LogP contribution is 2.22. The summed E-state index contributed by atoms with van der Waals surface area (Å²) in [7, 11) is 1.71. The molecule has 1 saturated heterocycles.